The van der Waals surface area contributed by atoms with Crippen LogP contribution in [0.2, 0.25) is 0 Å². The van der Waals surface area contributed by atoms with E-state index in [1.165, 1.54) is 6.92 Å². The molecule has 0 aliphatic carbocycles. The van der Waals surface area contributed by atoms with E-state index in [2.05, 4.69) is 38.3 Å². The number of rotatable bonds is 16. The summed E-state index contributed by atoms with van der Waals surface area (Å²) in [4.78, 5) is 43.2. The van der Waals surface area contributed by atoms with Crippen LogP contribution in [0.5, 0.6) is 0 Å². The minimum atomic E-state index is -0.847. The first-order chi connectivity index (χ1) is 14.6. The van der Waals surface area contributed by atoms with Gasteiger partial charge in [0, 0.05) is 39.3 Å². The molecule has 0 aromatic rings. The molecule has 0 fully saturated rings. The van der Waals surface area contributed by atoms with Crippen LogP contribution in [-0.4, -0.2) is 48.6 Å². The third-order valence-electron chi connectivity index (χ3n) is 4.84. The van der Waals surface area contributed by atoms with E-state index in [4.69, 9.17) is 9.84 Å². The zero-order valence-corrected chi connectivity index (χ0v) is 20.1. The van der Waals surface area contributed by atoms with Crippen molar-refractivity contribution in [2.75, 3.05) is 19.7 Å². The number of carbonyl (C=O) groups is 4. The molecule has 8 heteroatoms. The second-order valence-electron chi connectivity index (χ2n) is 8.03. The van der Waals surface area contributed by atoms with Crippen molar-refractivity contribution in [2.24, 2.45) is 11.8 Å². The second-order valence-corrected chi connectivity index (χ2v) is 8.03. The molecule has 0 aliphatic rings. The van der Waals surface area contributed by atoms with Crippen LogP contribution in [0.1, 0.15) is 159 Å². The van der Waals surface area contributed by atoms with Crippen LogP contribution in [0.15, 0.2) is 0 Å². The van der Waals surface area contributed by atoms with Crippen molar-refractivity contribution in [3.8, 4) is 0 Å². The number of nitrogens with one attached hydrogen (secondary N) is 2. The lowest BCUT2D eigenvalue weighted by Crippen LogP contribution is -2.27. The molecular weight excluding hydrogens is 508 g/mol. The van der Waals surface area contributed by atoms with E-state index in [0.717, 1.165) is 38.6 Å². The van der Waals surface area contributed by atoms with Crippen molar-refractivity contribution >= 4 is 23.8 Å². The summed E-state index contributed by atoms with van der Waals surface area (Å²) in [7, 11) is 0. The summed E-state index contributed by atoms with van der Waals surface area (Å²) in [5.41, 5.74) is 0. The summed E-state index contributed by atoms with van der Waals surface area (Å²) in [6.07, 6.45) is 6.09. The quantitative estimate of drug-likeness (QED) is 0.122. The van der Waals surface area contributed by atoms with Gasteiger partial charge in [0.2, 0.25) is 11.8 Å². The molecule has 0 aromatic carbocycles. The van der Waals surface area contributed by atoms with Gasteiger partial charge in [-0.15, -0.1) is 0 Å². The van der Waals surface area contributed by atoms with Crippen LogP contribution >= 0.6 is 0 Å². The molecule has 0 spiro atoms. The number of hydrogen-bond donors (Lipinski definition) is 3. The molecule has 2 amide bonds. The number of carbonyl (C=O) groups excluding carboxylic acids is 3. The van der Waals surface area contributed by atoms with E-state index in [0.29, 0.717) is 44.2 Å². The maximum absolute atomic E-state index is 11.4. The Kier molecular flexibility index (Phi) is 88.8. The van der Waals surface area contributed by atoms with E-state index in [9.17, 15) is 19.2 Å². The predicted molar refractivity (Wildman–Crippen MR) is 182 cm³/mol. The van der Waals surface area contributed by atoms with Crippen molar-refractivity contribution in [3.05, 3.63) is 0 Å². The van der Waals surface area contributed by atoms with Gasteiger partial charge in [-0.2, -0.15) is 0 Å². The SMILES string of the molecule is C.C.C.C.C.C.C.C.C.CCC(C)CNC(=O)CCCC(=O)O.CCC(C)CNC(=O)CCCCCOC(C)=O. The lowest BCUT2D eigenvalue weighted by atomic mass is 10.1. The fourth-order valence-electron chi connectivity index (χ4n) is 2.22. The van der Waals surface area contributed by atoms with Crippen LogP contribution in [0.25, 0.3) is 0 Å². The number of carboxylic acids is 1. The molecule has 3 N–H and O–H groups in total. The number of amides is 2. The van der Waals surface area contributed by atoms with E-state index in [1.54, 1.807) is 0 Å². The molecular formula is C32H80N2O6. The molecule has 0 bridgehead atoms. The highest BCUT2D eigenvalue weighted by atomic mass is 16.5. The van der Waals surface area contributed by atoms with Crippen LogP contribution in [0, 0.1) is 11.8 Å². The zero-order valence-electron chi connectivity index (χ0n) is 20.1. The minimum absolute atomic E-state index is 0. The molecule has 0 rings (SSSR count). The van der Waals surface area contributed by atoms with Crippen LogP contribution in [-0.2, 0) is 23.9 Å². The lowest BCUT2D eigenvalue weighted by molar-refractivity contribution is -0.141. The van der Waals surface area contributed by atoms with Gasteiger partial charge >= 0.3 is 11.9 Å². The van der Waals surface area contributed by atoms with Gasteiger partial charge in [0.05, 0.1) is 6.61 Å². The van der Waals surface area contributed by atoms with Gasteiger partial charge in [0.15, 0.2) is 0 Å². The van der Waals surface area contributed by atoms with Gasteiger partial charge in [-0.05, 0) is 37.5 Å². The van der Waals surface area contributed by atoms with Crippen LogP contribution in [0.4, 0.5) is 0 Å². The first kappa shape index (κ1) is 71.3. The number of esters is 1. The highest BCUT2D eigenvalue weighted by Gasteiger charge is 2.05. The molecule has 40 heavy (non-hydrogen) atoms. The normalized spacial score (nSPS) is 9.32. The smallest absolute Gasteiger partial charge is 0.303 e. The Morgan fingerprint density at radius 3 is 1.32 bits per heavy atom. The highest BCUT2D eigenvalue weighted by molar-refractivity contribution is 5.76. The summed E-state index contributed by atoms with van der Waals surface area (Å²) < 4.78 is 4.80. The summed E-state index contributed by atoms with van der Waals surface area (Å²) >= 11 is 0. The molecule has 0 saturated heterocycles. The van der Waals surface area contributed by atoms with Crippen molar-refractivity contribution < 1.29 is 29.0 Å². The van der Waals surface area contributed by atoms with Gasteiger partial charge in [-0.25, -0.2) is 0 Å². The second kappa shape index (κ2) is 49.8. The molecule has 0 heterocycles. The fraction of sp³-hybridized carbons (Fsp3) is 0.875. The average molecular weight is 589 g/mol. The summed E-state index contributed by atoms with van der Waals surface area (Å²) in [5.74, 6) is 0.0155. The molecule has 0 radical (unpaired) electrons. The monoisotopic (exact) mass is 589 g/mol. The maximum Gasteiger partial charge on any atom is 0.303 e. The van der Waals surface area contributed by atoms with Gasteiger partial charge < -0.3 is 20.5 Å². The minimum Gasteiger partial charge on any atom is -0.481 e. The van der Waals surface area contributed by atoms with Crippen LogP contribution < -0.4 is 10.6 Å². The summed E-state index contributed by atoms with van der Waals surface area (Å²) in [5, 5.41) is 14.0. The van der Waals surface area contributed by atoms with E-state index < -0.39 is 5.97 Å². The Labute approximate surface area is 254 Å². The molecule has 8 nitrogen and oxygen atoms in total. The number of unbranched alkanes of at least 4 members (excludes halogenated alkanes) is 2. The first-order valence-corrected chi connectivity index (χ1v) is 11.5. The highest BCUT2D eigenvalue weighted by Crippen LogP contribution is 2.02. The number of carboxylic acid groups (broad SMARTS) is 1. The summed E-state index contributed by atoms with van der Waals surface area (Å²) in [6, 6.07) is 0. The maximum atomic E-state index is 11.4. The molecule has 0 aromatic heterocycles. The van der Waals surface area contributed by atoms with Gasteiger partial charge in [-0.3, -0.25) is 19.2 Å². The number of ether oxygens (including phenoxy) is 1. The molecule has 0 aliphatic heterocycles. The Hall–Kier alpha value is -2.12. The van der Waals surface area contributed by atoms with Gasteiger partial charge in [0.25, 0.3) is 0 Å². The fourth-order valence-corrected chi connectivity index (χ4v) is 2.22. The van der Waals surface area contributed by atoms with Gasteiger partial charge in [0.1, 0.15) is 0 Å². The Morgan fingerprint density at radius 2 is 1.00 bits per heavy atom. The van der Waals surface area contributed by atoms with Crippen molar-refractivity contribution in [1.82, 2.24) is 10.6 Å². The third-order valence-corrected chi connectivity index (χ3v) is 4.84. The van der Waals surface area contributed by atoms with E-state index in [-0.39, 0.29) is 91.0 Å². The largest absolute Gasteiger partial charge is 0.481 e. The van der Waals surface area contributed by atoms with Crippen LogP contribution in [0.3, 0.4) is 0 Å². The molecule has 2 atom stereocenters. The summed E-state index contributed by atoms with van der Waals surface area (Å²) in [6.45, 7) is 11.7. The standard InChI is InChI=1S/C13H25NO3.C10H19NO3.9CH4/c1-4-11(2)10-14-13(16)8-6-5-7-9-17-12(3)15;1-3-8(2)7-11-9(12)5-4-6-10(13)14;;;;;;;;;/h11H,4-10H2,1-3H3,(H,14,16);8H,3-7H2,1-2H3,(H,11,12)(H,13,14);9*1H4. The predicted octanol–water partition coefficient (Wildman–Crippen LogP) is 9.40. The van der Waals surface area contributed by atoms with E-state index in [1.807, 2.05) is 0 Å². The zero-order chi connectivity index (χ0) is 24.1. The third kappa shape index (κ3) is 60.4. The topological polar surface area (TPSA) is 122 Å². The molecule has 2 unspecified atom stereocenters. The van der Waals surface area contributed by atoms with Crippen molar-refractivity contribution in [2.45, 2.75) is 159 Å². The molecule has 254 valence electrons. The molecule has 0 saturated carbocycles. The average Bonchev–Trinajstić information content (AvgIpc) is 2.72. The number of aliphatic carboxylic acids is 1. The lowest BCUT2D eigenvalue weighted by Gasteiger charge is -2.09. The Balaban J connectivity index is -0.0000000385. The number of hydrogen-bond acceptors (Lipinski definition) is 5. The Morgan fingerprint density at radius 1 is 0.625 bits per heavy atom. The Bertz CT molecular complexity index is 514. The van der Waals surface area contributed by atoms with Crippen molar-refractivity contribution in [1.29, 1.82) is 0 Å². The van der Waals surface area contributed by atoms with Crippen molar-refractivity contribution in [3.63, 3.8) is 0 Å². The first-order valence-electron chi connectivity index (χ1n) is 11.5. The van der Waals surface area contributed by atoms with Gasteiger partial charge in [-0.1, -0.05) is 107 Å². The van der Waals surface area contributed by atoms with E-state index >= 15 is 0 Å².